The van der Waals surface area contributed by atoms with E-state index in [4.69, 9.17) is 0 Å². The van der Waals surface area contributed by atoms with E-state index >= 15 is 0 Å². The third-order valence-corrected chi connectivity index (χ3v) is 2.21. The second-order valence-corrected chi connectivity index (χ2v) is 3.75. The zero-order chi connectivity index (χ0) is 11.3. The van der Waals surface area contributed by atoms with E-state index < -0.39 is 0 Å². The maximum atomic E-state index is 11.5. The highest BCUT2D eigenvalue weighted by atomic mass is 16.1. The van der Waals surface area contributed by atoms with Gasteiger partial charge in [0.25, 0.3) is 0 Å². The molecule has 0 aliphatic rings. The van der Waals surface area contributed by atoms with Gasteiger partial charge in [0.15, 0.2) is 0 Å². The van der Waals surface area contributed by atoms with Gasteiger partial charge in [-0.2, -0.15) is 0 Å². The van der Waals surface area contributed by atoms with Crippen molar-refractivity contribution >= 4 is 0 Å². The number of nitrogens with zero attached hydrogens (tertiary/aromatic N) is 2. The molecule has 1 rings (SSSR count). The first-order chi connectivity index (χ1) is 7.15. The van der Waals surface area contributed by atoms with Gasteiger partial charge >= 0.3 is 5.69 Å². The SMILES string of the molecule is C=C(CNCCC)Cn1ccn(C)c1=O. The number of hydrogen-bond acceptors (Lipinski definition) is 2. The number of aromatic nitrogens is 2. The fraction of sp³-hybridized carbons (Fsp3) is 0.545. The summed E-state index contributed by atoms with van der Waals surface area (Å²) < 4.78 is 3.22. The van der Waals surface area contributed by atoms with Crippen LogP contribution in [-0.4, -0.2) is 22.2 Å². The van der Waals surface area contributed by atoms with Crippen LogP contribution in [-0.2, 0) is 13.6 Å². The Labute approximate surface area is 90.2 Å². The van der Waals surface area contributed by atoms with Crippen LogP contribution in [0.3, 0.4) is 0 Å². The summed E-state index contributed by atoms with van der Waals surface area (Å²) in [6.07, 6.45) is 4.65. The van der Waals surface area contributed by atoms with Crippen molar-refractivity contribution in [1.29, 1.82) is 0 Å². The molecule has 0 radical (unpaired) electrons. The molecule has 0 fully saturated rings. The molecule has 1 heterocycles. The minimum Gasteiger partial charge on any atom is -0.313 e. The normalized spacial score (nSPS) is 10.5. The monoisotopic (exact) mass is 209 g/mol. The minimum atomic E-state index is 0.00615. The molecule has 1 N–H and O–H groups in total. The largest absolute Gasteiger partial charge is 0.328 e. The fourth-order valence-corrected chi connectivity index (χ4v) is 1.37. The van der Waals surface area contributed by atoms with E-state index in [1.54, 1.807) is 28.6 Å². The van der Waals surface area contributed by atoms with Crippen LogP contribution in [0.1, 0.15) is 13.3 Å². The zero-order valence-electron chi connectivity index (χ0n) is 9.49. The summed E-state index contributed by atoms with van der Waals surface area (Å²) in [6, 6.07) is 0. The molecule has 0 amide bonds. The number of aryl methyl sites for hydroxylation is 1. The molecule has 4 nitrogen and oxygen atoms in total. The minimum absolute atomic E-state index is 0.00615. The van der Waals surface area contributed by atoms with Crippen molar-refractivity contribution in [3.63, 3.8) is 0 Å². The molecule has 0 atom stereocenters. The predicted molar refractivity (Wildman–Crippen MR) is 62.0 cm³/mol. The van der Waals surface area contributed by atoms with Gasteiger partial charge in [0, 0.05) is 32.5 Å². The smallest absolute Gasteiger partial charge is 0.313 e. The Bertz CT molecular complexity index is 375. The van der Waals surface area contributed by atoms with Gasteiger partial charge in [-0.15, -0.1) is 0 Å². The van der Waals surface area contributed by atoms with E-state index in [2.05, 4.69) is 18.8 Å². The van der Waals surface area contributed by atoms with Gasteiger partial charge in [-0.25, -0.2) is 4.79 Å². The Morgan fingerprint density at radius 3 is 2.80 bits per heavy atom. The first kappa shape index (κ1) is 11.8. The molecule has 0 aromatic carbocycles. The fourth-order valence-electron chi connectivity index (χ4n) is 1.37. The number of nitrogens with one attached hydrogen (secondary N) is 1. The molecule has 1 aromatic rings. The highest BCUT2D eigenvalue weighted by molar-refractivity contribution is 4.98. The van der Waals surface area contributed by atoms with Gasteiger partial charge in [-0.3, -0.25) is 4.57 Å². The van der Waals surface area contributed by atoms with Crippen molar-refractivity contribution < 1.29 is 0 Å². The molecule has 1 aromatic heterocycles. The molecule has 0 unspecified atom stereocenters. The maximum absolute atomic E-state index is 11.5. The lowest BCUT2D eigenvalue weighted by molar-refractivity contribution is 0.654. The third kappa shape index (κ3) is 3.40. The highest BCUT2D eigenvalue weighted by Crippen LogP contribution is 1.93. The van der Waals surface area contributed by atoms with E-state index in [0.717, 1.165) is 25.1 Å². The highest BCUT2D eigenvalue weighted by Gasteiger charge is 2.01. The first-order valence-electron chi connectivity index (χ1n) is 5.24. The van der Waals surface area contributed by atoms with Crippen LogP contribution in [0.4, 0.5) is 0 Å². The zero-order valence-corrected chi connectivity index (χ0v) is 9.49. The lowest BCUT2D eigenvalue weighted by atomic mass is 10.3. The van der Waals surface area contributed by atoms with Gasteiger partial charge < -0.3 is 9.88 Å². The quantitative estimate of drug-likeness (QED) is 0.554. The summed E-state index contributed by atoms with van der Waals surface area (Å²) >= 11 is 0. The van der Waals surface area contributed by atoms with Gasteiger partial charge in [-0.05, 0) is 18.5 Å². The Morgan fingerprint density at radius 2 is 2.27 bits per heavy atom. The standard InChI is InChI=1S/C11H19N3O/c1-4-5-12-8-10(2)9-14-7-6-13(3)11(14)15/h6-7,12H,2,4-5,8-9H2,1,3H3. The molecule has 0 saturated heterocycles. The average molecular weight is 209 g/mol. The molecule has 15 heavy (non-hydrogen) atoms. The Balaban J connectivity index is 2.45. The third-order valence-electron chi connectivity index (χ3n) is 2.21. The van der Waals surface area contributed by atoms with Crippen molar-refractivity contribution in [2.45, 2.75) is 19.9 Å². The topological polar surface area (TPSA) is 39.0 Å². The van der Waals surface area contributed by atoms with Crippen LogP contribution in [0.25, 0.3) is 0 Å². The summed E-state index contributed by atoms with van der Waals surface area (Å²) in [5, 5.41) is 3.26. The molecule has 84 valence electrons. The Hall–Kier alpha value is -1.29. The van der Waals surface area contributed by atoms with Crippen LogP contribution < -0.4 is 11.0 Å². The number of rotatable bonds is 6. The number of hydrogen-bond donors (Lipinski definition) is 1. The summed E-state index contributed by atoms with van der Waals surface area (Å²) in [4.78, 5) is 11.5. The molecular weight excluding hydrogens is 190 g/mol. The van der Waals surface area contributed by atoms with Gasteiger partial charge in [0.05, 0.1) is 0 Å². The summed E-state index contributed by atoms with van der Waals surface area (Å²) in [7, 11) is 1.75. The van der Waals surface area contributed by atoms with Crippen molar-refractivity contribution in [2.24, 2.45) is 7.05 Å². The second-order valence-electron chi connectivity index (χ2n) is 3.75. The van der Waals surface area contributed by atoms with Crippen LogP contribution in [0, 0.1) is 0 Å². The predicted octanol–water partition coefficient (Wildman–Crippen LogP) is 0.743. The molecule has 0 bridgehead atoms. The first-order valence-corrected chi connectivity index (χ1v) is 5.24. The van der Waals surface area contributed by atoms with Crippen LogP contribution >= 0.6 is 0 Å². The second kappa shape index (κ2) is 5.56. The Morgan fingerprint density at radius 1 is 1.53 bits per heavy atom. The molecule has 0 aliphatic carbocycles. The van der Waals surface area contributed by atoms with E-state index in [-0.39, 0.29) is 5.69 Å². The van der Waals surface area contributed by atoms with Crippen molar-refractivity contribution in [3.8, 4) is 0 Å². The van der Waals surface area contributed by atoms with E-state index in [1.807, 2.05) is 0 Å². The summed E-state index contributed by atoms with van der Waals surface area (Å²) in [6.45, 7) is 8.42. The van der Waals surface area contributed by atoms with Crippen molar-refractivity contribution in [3.05, 3.63) is 35.0 Å². The Kier molecular flexibility index (Phi) is 4.37. The molecular formula is C11H19N3O. The van der Waals surface area contributed by atoms with E-state index in [0.29, 0.717) is 6.54 Å². The average Bonchev–Trinajstić information content (AvgIpc) is 2.50. The molecule has 0 spiro atoms. The van der Waals surface area contributed by atoms with Gasteiger partial charge in [-0.1, -0.05) is 13.5 Å². The van der Waals surface area contributed by atoms with Crippen molar-refractivity contribution in [2.75, 3.05) is 13.1 Å². The van der Waals surface area contributed by atoms with Crippen molar-refractivity contribution in [1.82, 2.24) is 14.5 Å². The lowest BCUT2D eigenvalue weighted by Crippen LogP contribution is -2.25. The molecule has 0 aliphatic heterocycles. The summed E-state index contributed by atoms with van der Waals surface area (Å²) in [5.74, 6) is 0. The molecule has 4 heteroatoms. The van der Waals surface area contributed by atoms with Crippen LogP contribution in [0.2, 0.25) is 0 Å². The van der Waals surface area contributed by atoms with Crippen LogP contribution in [0.15, 0.2) is 29.3 Å². The number of imidazole rings is 1. The van der Waals surface area contributed by atoms with Crippen LogP contribution in [0.5, 0.6) is 0 Å². The maximum Gasteiger partial charge on any atom is 0.328 e. The van der Waals surface area contributed by atoms with Gasteiger partial charge in [0.2, 0.25) is 0 Å². The molecule has 0 saturated carbocycles. The lowest BCUT2D eigenvalue weighted by Gasteiger charge is -2.06. The summed E-state index contributed by atoms with van der Waals surface area (Å²) in [5.41, 5.74) is 1.03. The van der Waals surface area contributed by atoms with Gasteiger partial charge in [0.1, 0.15) is 0 Å². The van der Waals surface area contributed by atoms with E-state index in [9.17, 15) is 4.79 Å². The van der Waals surface area contributed by atoms with E-state index in [1.165, 1.54) is 0 Å².